The highest BCUT2D eigenvalue weighted by molar-refractivity contribution is 5.51. The monoisotopic (exact) mass is 275 g/mol. The van der Waals surface area contributed by atoms with Gasteiger partial charge in [0, 0.05) is 11.6 Å². The van der Waals surface area contributed by atoms with E-state index in [1.165, 1.54) is 37.9 Å². The molecule has 1 aliphatic heterocycles. The van der Waals surface area contributed by atoms with Crippen molar-refractivity contribution in [1.29, 1.82) is 0 Å². The first-order valence-corrected chi connectivity index (χ1v) is 7.86. The molecule has 1 heterocycles. The van der Waals surface area contributed by atoms with Gasteiger partial charge in [-0.25, -0.2) is 0 Å². The average molecular weight is 275 g/mol. The molecule has 2 atom stereocenters. The third-order valence-electron chi connectivity index (χ3n) is 5.00. The number of methoxy groups -OCH3 is 1. The minimum absolute atomic E-state index is 0.371. The summed E-state index contributed by atoms with van der Waals surface area (Å²) in [4.78, 5) is 2.67. The Balaban J connectivity index is 1.90. The molecule has 3 rings (SSSR count). The number of hydrogen-bond acceptors (Lipinski definition) is 3. The molecule has 0 spiro atoms. The van der Waals surface area contributed by atoms with E-state index < -0.39 is 0 Å². The lowest BCUT2D eigenvalue weighted by atomic mass is 9.75. The van der Waals surface area contributed by atoms with E-state index in [2.05, 4.69) is 17.9 Å². The predicted molar refractivity (Wildman–Crippen MR) is 80.4 cm³/mol. The lowest BCUT2D eigenvalue weighted by Gasteiger charge is -2.44. The SMILES string of the molecule is CCCN1CCC[C@@H]2Cc3c(ccc(OC)c3O)C[C@H]21. The molecule has 2 aliphatic rings. The van der Waals surface area contributed by atoms with Crippen molar-refractivity contribution < 1.29 is 9.84 Å². The molecular weight excluding hydrogens is 250 g/mol. The number of ether oxygens (including phenoxy) is 1. The quantitative estimate of drug-likeness (QED) is 0.920. The first kappa shape index (κ1) is 13.7. The molecule has 0 saturated carbocycles. The molecule has 0 amide bonds. The number of piperidine rings is 1. The molecule has 3 heteroatoms. The maximum absolute atomic E-state index is 10.4. The fourth-order valence-electron chi connectivity index (χ4n) is 4.04. The Morgan fingerprint density at radius 2 is 2.20 bits per heavy atom. The Labute approximate surface area is 121 Å². The van der Waals surface area contributed by atoms with Crippen molar-refractivity contribution in [3.05, 3.63) is 23.3 Å². The van der Waals surface area contributed by atoms with Crippen molar-refractivity contribution in [3.63, 3.8) is 0 Å². The minimum atomic E-state index is 0.371. The normalized spacial score (nSPS) is 25.9. The Morgan fingerprint density at radius 3 is 2.95 bits per heavy atom. The summed E-state index contributed by atoms with van der Waals surface area (Å²) < 4.78 is 5.25. The summed E-state index contributed by atoms with van der Waals surface area (Å²) in [6, 6.07) is 4.72. The number of rotatable bonds is 3. The first-order valence-electron chi connectivity index (χ1n) is 7.86. The fourth-order valence-corrected chi connectivity index (χ4v) is 4.04. The van der Waals surface area contributed by atoms with Crippen molar-refractivity contribution in [2.24, 2.45) is 5.92 Å². The Kier molecular flexibility index (Phi) is 3.88. The minimum Gasteiger partial charge on any atom is -0.504 e. The largest absolute Gasteiger partial charge is 0.504 e. The van der Waals surface area contributed by atoms with Crippen LogP contribution in [-0.2, 0) is 12.8 Å². The van der Waals surface area contributed by atoms with Crippen LogP contribution in [0.5, 0.6) is 11.5 Å². The third kappa shape index (κ3) is 2.28. The molecule has 1 saturated heterocycles. The number of nitrogens with zero attached hydrogens (tertiary/aromatic N) is 1. The van der Waals surface area contributed by atoms with E-state index in [4.69, 9.17) is 4.74 Å². The predicted octanol–water partition coefficient (Wildman–Crippen LogP) is 2.99. The fraction of sp³-hybridized carbons (Fsp3) is 0.647. The number of fused-ring (bicyclic) bond motifs is 2. The zero-order valence-corrected chi connectivity index (χ0v) is 12.6. The standard InChI is InChI=1S/C17H25NO2/c1-3-8-18-9-4-5-13-10-14-12(11-15(13)18)6-7-16(20-2)17(14)19/h6-7,13,15,19H,3-5,8-11H2,1-2H3/t13-,15-/m1/s1. The lowest BCUT2D eigenvalue weighted by molar-refractivity contribution is 0.0848. The van der Waals surface area contributed by atoms with Crippen molar-refractivity contribution >= 4 is 0 Å². The summed E-state index contributed by atoms with van der Waals surface area (Å²) in [6.07, 6.45) is 5.90. The smallest absolute Gasteiger partial charge is 0.161 e. The molecule has 1 aliphatic carbocycles. The van der Waals surface area contributed by atoms with E-state index in [1.807, 2.05) is 6.07 Å². The van der Waals surface area contributed by atoms with E-state index in [0.29, 0.717) is 23.5 Å². The molecule has 3 nitrogen and oxygen atoms in total. The molecule has 0 aromatic heterocycles. The second-order valence-corrected chi connectivity index (χ2v) is 6.17. The van der Waals surface area contributed by atoms with Crippen LogP contribution in [-0.4, -0.2) is 36.2 Å². The second-order valence-electron chi connectivity index (χ2n) is 6.17. The van der Waals surface area contributed by atoms with Crippen LogP contribution >= 0.6 is 0 Å². The van der Waals surface area contributed by atoms with Crippen molar-refractivity contribution in [2.75, 3.05) is 20.2 Å². The highest BCUT2D eigenvalue weighted by Gasteiger charge is 2.36. The van der Waals surface area contributed by atoms with Gasteiger partial charge >= 0.3 is 0 Å². The summed E-state index contributed by atoms with van der Waals surface area (Å²) in [5.74, 6) is 1.68. The summed E-state index contributed by atoms with van der Waals surface area (Å²) >= 11 is 0. The van der Waals surface area contributed by atoms with E-state index in [9.17, 15) is 5.11 Å². The molecular formula is C17H25NO2. The van der Waals surface area contributed by atoms with Crippen LogP contribution in [0.2, 0.25) is 0 Å². The van der Waals surface area contributed by atoms with Crippen LogP contribution in [0.4, 0.5) is 0 Å². The van der Waals surface area contributed by atoms with Crippen LogP contribution in [0.15, 0.2) is 12.1 Å². The highest BCUT2D eigenvalue weighted by atomic mass is 16.5. The molecule has 110 valence electrons. The topological polar surface area (TPSA) is 32.7 Å². The van der Waals surface area contributed by atoms with Gasteiger partial charge in [0.25, 0.3) is 0 Å². The van der Waals surface area contributed by atoms with Crippen LogP contribution < -0.4 is 4.74 Å². The zero-order chi connectivity index (χ0) is 14.1. The van der Waals surface area contributed by atoms with Crippen LogP contribution in [0.3, 0.4) is 0 Å². The molecule has 20 heavy (non-hydrogen) atoms. The Hall–Kier alpha value is -1.22. The summed E-state index contributed by atoms with van der Waals surface area (Å²) in [7, 11) is 1.62. The van der Waals surface area contributed by atoms with Crippen molar-refractivity contribution in [2.45, 2.75) is 45.1 Å². The molecule has 1 fully saturated rings. The summed E-state index contributed by atoms with van der Waals surface area (Å²) in [5, 5.41) is 10.4. The van der Waals surface area contributed by atoms with E-state index in [-0.39, 0.29) is 0 Å². The average Bonchev–Trinajstić information content (AvgIpc) is 2.47. The number of phenolic OH excluding ortho intramolecular Hbond substituents is 1. The summed E-state index contributed by atoms with van der Waals surface area (Å²) in [6.45, 7) is 4.71. The maximum Gasteiger partial charge on any atom is 0.161 e. The Bertz CT molecular complexity index is 484. The number of aromatic hydroxyl groups is 1. The third-order valence-corrected chi connectivity index (χ3v) is 5.00. The number of phenols is 1. The van der Waals surface area contributed by atoms with Crippen molar-refractivity contribution in [3.8, 4) is 11.5 Å². The van der Waals surface area contributed by atoms with Crippen LogP contribution in [0.25, 0.3) is 0 Å². The highest BCUT2D eigenvalue weighted by Crippen LogP contribution is 2.41. The van der Waals surface area contributed by atoms with Gasteiger partial charge in [-0.3, -0.25) is 4.90 Å². The van der Waals surface area contributed by atoms with Gasteiger partial charge in [0.1, 0.15) is 0 Å². The number of benzene rings is 1. The summed E-state index contributed by atoms with van der Waals surface area (Å²) in [5.41, 5.74) is 2.44. The van der Waals surface area contributed by atoms with Gasteiger partial charge in [-0.15, -0.1) is 0 Å². The molecule has 0 bridgehead atoms. The van der Waals surface area contributed by atoms with Gasteiger partial charge in [0.2, 0.25) is 0 Å². The van der Waals surface area contributed by atoms with Gasteiger partial charge in [0.15, 0.2) is 11.5 Å². The molecule has 0 unspecified atom stereocenters. The van der Waals surface area contributed by atoms with Gasteiger partial charge in [-0.2, -0.15) is 0 Å². The molecule has 1 aromatic carbocycles. The molecule has 1 aromatic rings. The first-order chi connectivity index (χ1) is 9.74. The van der Waals surface area contributed by atoms with Gasteiger partial charge < -0.3 is 9.84 Å². The van der Waals surface area contributed by atoms with Crippen LogP contribution in [0.1, 0.15) is 37.3 Å². The molecule has 1 N–H and O–H groups in total. The van der Waals surface area contributed by atoms with E-state index in [0.717, 1.165) is 18.4 Å². The zero-order valence-electron chi connectivity index (χ0n) is 12.6. The maximum atomic E-state index is 10.4. The van der Waals surface area contributed by atoms with Gasteiger partial charge in [-0.1, -0.05) is 13.0 Å². The van der Waals surface area contributed by atoms with Crippen LogP contribution in [0, 0.1) is 5.92 Å². The van der Waals surface area contributed by atoms with Crippen molar-refractivity contribution in [1.82, 2.24) is 4.90 Å². The molecule has 0 radical (unpaired) electrons. The van der Waals surface area contributed by atoms with Gasteiger partial charge in [0.05, 0.1) is 7.11 Å². The number of likely N-dealkylation sites (tertiary alicyclic amines) is 1. The van der Waals surface area contributed by atoms with Gasteiger partial charge in [-0.05, 0) is 62.7 Å². The lowest BCUT2D eigenvalue weighted by Crippen LogP contribution is -2.49. The Morgan fingerprint density at radius 1 is 1.35 bits per heavy atom. The number of hydrogen-bond donors (Lipinski definition) is 1. The second kappa shape index (κ2) is 5.65. The van der Waals surface area contributed by atoms with E-state index in [1.54, 1.807) is 7.11 Å². The van der Waals surface area contributed by atoms with E-state index >= 15 is 0 Å².